The van der Waals surface area contributed by atoms with E-state index in [1.54, 1.807) is 0 Å². The van der Waals surface area contributed by atoms with Crippen molar-refractivity contribution < 1.29 is 4.74 Å². The number of aryl methyl sites for hydroxylation is 1. The van der Waals surface area contributed by atoms with Crippen LogP contribution in [0.3, 0.4) is 0 Å². The second-order valence-corrected chi connectivity index (χ2v) is 5.98. The molecule has 0 spiro atoms. The first-order valence-electron chi connectivity index (χ1n) is 7.32. The zero-order valence-electron chi connectivity index (χ0n) is 12.0. The van der Waals surface area contributed by atoms with Gasteiger partial charge in [0.25, 0.3) is 0 Å². The quantitative estimate of drug-likeness (QED) is 0.892. The molecule has 1 atom stereocenters. The summed E-state index contributed by atoms with van der Waals surface area (Å²) in [5.74, 6) is 0. The molecule has 0 aliphatic carbocycles. The largest absolute Gasteiger partial charge is 0.379 e. The van der Waals surface area contributed by atoms with Crippen molar-refractivity contribution in [3.63, 3.8) is 0 Å². The first-order chi connectivity index (χ1) is 9.22. The Hall–Kier alpha value is -0.900. The van der Waals surface area contributed by atoms with Gasteiger partial charge < -0.3 is 10.1 Å². The van der Waals surface area contributed by atoms with E-state index in [0.717, 1.165) is 39.4 Å². The van der Waals surface area contributed by atoms with Crippen LogP contribution in [0.5, 0.6) is 0 Å². The molecular weight excluding hydrogens is 236 g/mol. The molecule has 3 heteroatoms. The predicted octanol–water partition coefficient (Wildman–Crippen LogP) is 1.56. The van der Waals surface area contributed by atoms with Crippen molar-refractivity contribution in [2.24, 2.45) is 0 Å². The number of benzene rings is 1. The minimum atomic E-state index is 0.198. The molecule has 0 saturated carbocycles. The van der Waals surface area contributed by atoms with E-state index >= 15 is 0 Å². The SMILES string of the molecule is Cc1cccc(C2(C(C)N3CCNCC3)COC2)c1. The van der Waals surface area contributed by atoms with E-state index < -0.39 is 0 Å². The molecule has 3 rings (SSSR count). The number of hydrogen-bond donors (Lipinski definition) is 1. The van der Waals surface area contributed by atoms with E-state index in [1.165, 1.54) is 11.1 Å². The van der Waals surface area contributed by atoms with Gasteiger partial charge in [0, 0.05) is 32.2 Å². The summed E-state index contributed by atoms with van der Waals surface area (Å²) >= 11 is 0. The summed E-state index contributed by atoms with van der Waals surface area (Å²) in [6.45, 7) is 10.8. The van der Waals surface area contributed by atoms with Crippen molar-refractivity contribution >= 4 is 0 Å². The van der Waals surface area contributed by atoms with E-state index in [9.17, 15) is 0 Å². The standard InChI is InChI=1S/C16H24N2O/c1-13-4-3-5-15(10-13)16(11-19-12-16)14(2)18-8-6-17-7-9-18/h3-5,10,14,17H,6-9,11-12H2,1-2H3. The number of rotatable bonds is 3. The lowest BCUT2D eigenvalue weighted by Gasteiger charge is -2.51. The van der Waals surface area contributed by atoms with Crippen LogP contribution in [0.4, 0.5) is 0 Å². The van der Waals surface area contributed by atoms with E-state index in [4.69, 9.17) is 4.74 Å². The highest BCUT2D eigenvalue weighted by atomic mass is 16.5. The van der Waals surface area contributed by atoms with Crippen molar-refractivity contribution in [1.82, 2.24) is 10.2 Å². The summed E-state index contributed by atoms with van der Waals surface area (Å²) < 4.78 is 5.60. The molecule has 1 unspecified atom stereocenters. The van der Waals surface area contributed by atoms with Crippen LogP contribution in [0.1, 0.15) is 18.1 Å². The fourth-order valence-corrected chi connectivity index (χ4v) is 3.34. The van der Waals surface area contributed by atoms with Crippen molar-refractivity contribution in [2.45, 2.75) is 25.3 Å². The monoisotopic (exact) mass is 260 g/mol. The lowest BCUT2D eigenvalue weighted by atomic mass is 9.72. The Labute approximate surface area is 115 Å². The fraction of sp³-hybridized carbons (Fsp3) is 0.625. The maximum Gasteiger partial charge on any atom is 0.0600 e. The first kappa shape index (κ1) is 13.1. The van der Waals surface area contributed by atoms with Crippen LogP contribution in [0.25, 0.3) is 0 Å². The molecule has 2 aliphatic heterocycles. The molecule has 2 heterocycles. The van der Waals surface area contributed by atoms with Gasteiger partial charge in [0.1, 0.15) is 0 Å². The number of piperazine rings is 1. The average Bonchev–Trinajstić information content (AvgIpc) is 2.38. The summed E-state index contributed by atoms with van der Waals surface area (Å²) in [5.41, 5.74) is 2.99. The van der Waals surface area contributed by atoms with Crippen molar-refractivity contribution in [1.29, 1.82) is 0 Å². The maximum absolute atomic E-state index is 5.60. The summed E-state index contributed by atoms with van der Waals surface area (Å²) in [7, 11) is 0. The Morgan fingerprint density at radius 3 is 2.58 bits per heavy atom. The number of nitrogens with zero attached hydrogens (tertiary/aromatic N) is 1. The maximum atomic E-state index is 5.60. The van der Waals surface area contributed by atoms with Gasteiger partial charge in [0.2, 0.25) is 0 Å². The third-order valence-corrected chi connectivity index (χ3v) is 4.81. The zero-order chi connectivity index (χ0) is 13.3. The van der Waals surface area contributed by atoms with Crippen LogP contribution in [0.15, 0.2) is 24.3 Å². The van der Waals surface area contributed by atoms with Gasteiger partial charge >= 0.3 is 0 Å². The molecule has 3 nitrogen and oxygen atoms in total. The third kappa shape index (κ3) is 2.31. The highest BCUT2D eigenvalue weighted by Gasteiger charge is 2.47. The second kappa shape index (κ2) is 5.23. The van der Waals surface area contributed by atoms with Gasteiger partial charge in [-0.2, -0.15) is 0 Å². The topological polar surface area (TPSA) is 24.5 Å². The molecule has 1 N–H and O–H groups in total. The Morgan fingerprint density at radius 1 is 1.26 bits per heavy atom. The van der Waals surface area contributed by atoms with E-state index in [-0.39, 0.29) is 5.41 Å². The van der Waals surface area contributed by atoms with Crippen LogP contribution in [0, 0.1) is 6.92 Å². The average molecular weight is 260 g/mol. The molecule has 19 heavy (non-hydrogen) atoms. The summed E-state index contributed by atoms with van der Waals surface area (Å²) in [6.07, 6.45) is 0. The van der Waals surface area contributed by atoms with Crippen LogP contribution in [0.2, 0.25) is 0 Å². The molecule has 1 aromatic rings. The van der Waals surface area contributed by atoms with E-state index in [1.807, 2.05) is 0 Å². The minimum absolute atomic E-state index is 0.198. The van der Waals surface area contributed by atoms with Gasteiger partial charge in [-0.05, 0) is 19.4 Å². The third-order valence-electron chi connectivity index (χ3n) is 4.81. The summed E-state index contributed by atoms with van der Waals surface area (Å²) in [4.78, 5) is 2.61. The van der Waals surface area contributed by atoms with Gasteiger partial charge in [-0.3, -0.25) is 4.90 Å². The van der Waals surface area contributed by atoms with Crippen LogP contribution >= 0.6 is 0 Å². The highest BCUT2D eigenvalue weighted by molar-refractivity contribution is 5.33. The van der Waals surface area contributed by atoms with Crippen LogP contribution in [-0.2, 0) is 10.2 Å². The summed E-state index contributed by atoms with van der Waals surface area (Å²) in [6, 6.07) is 9.50. The fourth-order valence-electron chi connectivity index (χ4n) is 3.34. The van der Waals surface area contributed by atoms with Gasteiger partial charge in [-0.15, -0.1) is 0 Å². The Balaban J connectivity index is 1.85. The molecule has 0 aromatic heterocycles. The van der Waals surface area contributed by atoms with Crippen molar-refractivity contribution in [2.75, 3.05) is 39.4 Å². The normalized spacial score (nSPS) is 24.7. The van der Waals surface area contributed by atoms with Gasteiger partial charge in [0.05, 0.1) is 18.6 Å². The highest BCUT2D eigenvalue weighted by Crippen LogP contribution is 2.38. The Morgan fingerprint density at radius 2 is 2.00 bits per heavy atom. The molecule has 0 amide bonds. The smallest absolute Gasteiger partial charge is 0.0600 e. The van der Waals surface area contributed by atoms with Crippen molar-refractivity contribution in [3.05, 3.63) is 35.4 Å². The second-order valence-electron chi connectivity index (χ2n) is 5.98. The number of ether oxygens (including phenoxy) is 1. The van der Waals surface area contributed by atoms with Crippen molar-refractivity contribution in [3.8, 4) is 0 Å². The van der Waals surface area contributed by atoms with E-state index in [2.05, 4.69) is 48.3 Å². The lowest BCUT2D eigenvalue weighted by Crippen LogP contribution is -2.62. The molecule has 1 aromatic carbocycles. The van der Waals surface area contributed by atoms with Crippen LogP contribution < -0.4 is 5.32 Å². The summed E-state index contributed by atoms with van der Waals surface area (Å²) in [5, 5.41) is 3.43. The lowest BCUT2D eigenvalue weighted by molar-refractivity contribution is -0.100. The van der Waals surface area contributed by atoms with Gasteiger partial charge in [-0.25, -0.2) is 0 Å². The number of hydrogen-bond acceptors (Lipinski definition) is 3. The van der Waals surface area contributed by atoms with E-state index in [0.29, 0.717) is 6.04 Å². The Kier molecular flexibility index (Phi) is 3.61. The van der Waals surface area contributed by atoms with Gasteiger partial charge in [-0.1, -0.05) is 29.8 Å². The molecular formula is C16H24N2O. The first-order valence-corrected chi connectivity index (χ1v) is 7.32. The molecule has 2 saturated heterocycles. The minimum Gasteiger partial charge on any atom is -0.379 e. The zero-order valence-corrected chi connectivity index (χ0v) is 12.0. The molecule has 2 fully saturated rings. The molecule has 0 radical (unpaired) electrons. The predicted molar refractivity (Wildman–Crippen MR) is 77.6 cm³/mol. The molecule has 0 bridgehead atoms. The van der Waals surface area contributed by atoms with Crippen LogP contribution in [-0.4, -0.2) is 50.3 Å². The molecule has 2 aliphatic rings. The van der Waals surface area contributed by atoms with Gasteiger partial charge in [0.15, 0.2) is 0 Å². The number of nitrogens with one attached hydrogen (secondary N) is 1. The Bertz CT molecular complexity index is 436. The molecule has 104 valence electrons.